The second-order valence-corrected chi connectivity index (χ2v) is 10.6. The largest absolute Gasteiger partial charge is 0.369 e. The van der Waals surface area contributed by atoms with Crippen LogP contribution in [0.3, 0.4) is 0 Å². The smallest absolute Gasteiger partial charge is 0.227 e. The minimum atomic E-state index is -0.362. The van der Waals surface area contributed by atoms with Crippen LogP contribution in [0.2, 0.25) is 0 Å². The van der Waals surface area contributed by atoms with Gasteiger partial charge in [0.05, 0.1) is 24.0 Å². The van der Waals surface area contributed by atoms with Crippen molar-refractivity contribution in [3.05, 3.63) is 36.0 Å². The summed E-state index contributed by atoms with van der Waals surface area (Å²) < 4.78 is 1.80. The van der Waals surface area contributed by atoms with Crippen LogP contribution in [0.1, 0.15) is 39.2 Å². The number of carbonyl (C=O) groups is 2. The van der Waals surface area contributed by atoms with Gasteiger partial charge in [0.15, 0.2) is 10.8 Å². The normalized spacial score (nSPS) is 15.9. The maximum absolute atomic E-state index is 12.8. The zero-order valence-corrected chi connectivity index (χ0v) is 21.6. The Morgan fingerprint density at radius 3 is 2.69 bits per heavy atom. The van der Waals surface area contributed by atoms with E-state index in [0.29, 0.717) is 30.0 Å². The Morgan fingerprint density at radius 1 is 1.20 bits per heavy atom. The van der Waals surface area contributed by atoms with Gasteiger partial charge in [0, 0.05) is 37.0 Å². The summed E-state index contributed by atoms with van der Waals surface area (Å²) in [5, 5.41) is 12.8. The number of nitrogens with zero attached hydrogens (tertiary/aromatic N) is 5. The van der Waals surface area contributed by atoms with Crippen molar-refractivity contribution in [3.8, 4) is 0 Å². The van der Waals surface area contributed by atoms with Crippen LogP contribution >= 0.6 is 11.8 Å². The van der Waals surface area contributed by atoms with Crippen LogP contribution in [-0.2, 0) is 16.1 Å². The zero-order chi connectivity index (χ0) is 24.9. The van der Waals surface area contributed by atoms with Gasteiger partial charge in [-0.25, -0.2) is 14.6 Å². The second-order valence-electron chi connectivity index (χ2n) is 9.09. The lowest BCUT2D eigenvalue weighted by molar-refractivity contribution is -0.126. The molecule has 3 aromatic rings. The van der Waals surface area contributed by atoms with Gasteiger partial charge in [-0.1, -0.05) is 50.2 Å². The first-order valence-electron chi connectivity index (χ1n) is 12.1. The Balaban J connectivity index is 1.40. The van der Waals surface area contributed by atoms with Gasteiger partial charge in [0.1, 0.15) is 5.82 Å². The van der Waals surface area contributed by atoms with Gasteiger partial charge < -0.3 is 15.5 Å². The van der Waals surface area contributed by atoms with Crippen molar-refractivity contribution in [1.82, 2.24) is 25.1 Å². The van der Waals surface area contributed by atoms with Crippen LogP contribution in [0.15, 0.2) is 35.6 Å². The molecule has 9 nitrogen and oxygen atoms in total. The molecule has 10 heteroatoms. The molecule has 1 aliphatic heterocycles. The Kier molecular flexibility index (Phi) is 7.90. The number of amides is 2. The first-order valence-corrected chi connectivity index (χ1v) is 13.0. The van der Waals surface area contributed by atoms with Crippen molar-refractivity contribution < 1.29 is 9.59 Å². The molecule has 0 radical (unpaired) electrons. The molecule has 0 bridgehead atoms. The molecule has 1 saturated heterocycles. The third-order valence-electron chi connectivity index (χ3n) is 5.82. The number of thioether (sulfide) groups is 1. The van der Waals surface area contributed by atoms with Crippen molar-refractivity contribution >= 4 is 46.1 Å². The number of rotatable bonds is 10. The monoisotopic (exact) mass is 495 g/mol. The fraction of sp³-hybridized carbons (Fsp3) is 0.480. The quantitative estimate of drug-likeness (QED) is 0.327. The number of benzene rings is 1. The highest BCUT2D eigenvalue weighted by atomic mass is 32.2. The highest BCUT2D eigenvalue weighted by Crippen LogP contribution is 2.27. The lowest BCUT2D eigenvalue weighted by Crippen LogP contribution is -2.35. The van der Waals surface area contributed by atoms with Crippen molar-refractivity contribution in [3.63, 3.8) is 0 Å². The molecule has 2 amide bonds. The van der Waals surface area contributed by atoms with Gasteiger partial charge in [-0.3, -0.25) is 9.59 Å². The van der Waals surface area contributed by atoms with Crippen LogP contribution in [0.4, 0.5) is 11.5 Å². The van der Waals surface area contributed by atoms with Gasteiger partial charge >= 0.3 is 0 Å². The third kappa shape index (κ3) is 5.93. The van der Waals surface area contributed by atoms with Crippen LogP contribution in [0.5, 0.6) is 0 Å². The Hall–Kier alpha value is -3.14. The van der Waals surface area contributed by atoms with E-state index in [-0.39, 0.29) is 24.2 Å². The summed E-state index contributed by atoms with van der Waals surface area (Å²) in [5.74, 6) is 0.293. The number of aromatic nitrogens is 4. The fourth-order valence-electron chi connectivity index (χ4n) is 4.03. The topological polar surface area (TPSA) is 105 Å². The van der Waals surface area contributed by atoms with Gasteiger partial charge in [-0.2, -0.15) is 5.10 Å². The maximum atomic E-state index is 12.8. The lowest BCUT2D eigenvalue weighted by Gasteiger charge is -2.17. The molecule has 1 unspecified atom stereocenters. The molecular weight excluding hydrogens is 462 g/mol. The van der Waals surface area contributed by atoms with E-state index in [2.05, 4.69) is 41.5 Å². The van der Waals surface area contributed by atoms with E-state index in [1.54, 1.807) is 27.5 Å². The van der Waals surface area contributed by atoms with Crippen LogP contribution in [0, 0.1) is 12.8 Å². The van der Waals surface area contributed by atoms with E-state index in [1.165, 1.54) is 0 Å². The van der Waals surface area contributed by atoms with E-state index in [9.17, 15) is 9.59 Å². The van der Waals surface area contributed by atoms with Crippen LogP contribution in [0.25, 0.3) is 11.0 Å². The molecule has 1 atom stereocenters. The van der Waals surface area contributed by atoms with E-state index in [0.717, 1.165) is 41.1 Å². The predicted molar refractivity (Wildman–Crippen MR) is 140 cm³/mol. The number of anilines is 2. The van der Waals surface area contributed by atoms with Gasteiger partial charge in [0.2, 0.25) is 11.8 Å². The molecule has 1 fully saturated rings. The first kappa shape index (κ1) is 25.0. The van der Waals surface area contributed by atoms with Gasteiger partial charge in [-0.15, -0.1) is 0 Å². The van der Waals surface area contributed by atoms with Gasteiger partial charge in [-0.05, 0) is 25.5 Å². The van der Waals surface area contributed by atoms with Crippen LogP contribution in [-0.4, -0.2) is 56.4 Å². The zero-order valence-electron chi connectivity index (χ0n) is 20.7. The van der Waals surface area contributed by atoms with Crippen molar-refractivity contribution in [2.24, 2.45) is 5.92 Å². The van der Waals surface area contributed by atoms with E-state index in [4.69, 9.17) is 4.98 Å². The standard InChI is InChI=1S/C25H33N7O2S/c1-5-10-26-22-20-14-28-32(23(20)30-25(29-22)35-16(2)3)12-11-27-24(34)18-13-21(33)31(15-18)19-8-6-17(4)7-9-19/h6-9,14,16,18H,5,10-13,15H2,1-4H3,(H,27,34)(H,26,29,30). The van der Waals surface area contributed by atoms with Crippen molar-refractivity contribution in [1.29, 1.82) is 0 Å². The summed E-state index contributed by atoms with van der Waals surface area (Å²) in [6.07, 6.45) is 2.98. The molecule has 0 aliphatic carbocycles. The summed E-state index contributed by atoms with van der Waals surface area (Å²) in [5.41, 5.74) is 2.72. The number of fused-ring (bicyclic) bond motifs is 1. The molecule has 2 N–H and O–H groups in total. The molecule has 186 valence electrons. The molecule has 4 rings (SSSR count). The third-order valence-corrected chi connectivity index (χ3v) is 6.69. The van der Waals surface area contributed by atoms with E-state index >= 15 is 0 Å². The van der Waals surface area contributed by atoms with E-state index in [1.807, 2.05) is 31.2 Å². The fourth-order valence-corrected chi connectivity index (χ4v) is 4.73. The van der Waals surface area contributed by atoms with Crippen molar-refractivity contribution in [2.75, 3.05) is 29.9 Å². The Bertz CT molecular complexity index is 1190. The minimum Gasteiger partial charge on any atom is -0.369 e. The average molecular weight is 496 g/mol. The summed E-state index contributed by atoms with van der Waals surface area (Å²) in [6.45, 7) is 10.4. The molecule has 2 aromatic heterocycles. The highest BCUT2D eigenvalue weighted by Gasteiger charge is 2.34. The summed E-state index contributed by atoms with van der Waals surface area (Å²) in [6, 6.07) is 7.80. The number of hydrogen-bond acceptors (Lipinski definition) is 7. The summed E-state index contributed by atoms with van der Waals surface area (Å²) >= 11 is 1.61. The summed E-state index contributed by atoms with van der Waals surface area (Å²) in [7, 11) is 0. The SMILES string of the molecule is CCCNc1nc(SC(C)C)nc2c1cnn2CCNC(=O)C1CC(=O)N(c2ccc(C)cc2)C1. The lowest BCUT2D eigenvalue weighted by atomic mass is 10.1. The average Bonchev–Trinajstić information content (AvgIpc) is 3.41. The number of aryl methyl sites for hydroxylation is 1. The summed E-state index contributed by atoms with van der Waals surface area (Å²) in [4.78, 5) is 36.4. The molecule has 0 spiro atoms. The Morgan fingerprint density at radius 2 is 1.97 bits per heavy atom. The molecule has 1 aliphatic rings. The molecule has 1 aromatic carbocycles. The number of carbonyl (C=O) groups excluding carboxylic acids is 2. The number of nitrogens with one attached hydrogen (secondary N) is 2. The molecule has 0 saturated carbocycles. The minimum absolute atomic E-state index is 0.0222. The van der Waals surface area contributed by atoms with Crippen molar-refractivity contribution in [2.45, 2.75) is 57.5 Å². The van der Waals surface area contributed by atoms with E-state index < -0.39 is 0 Å². The molecular formula is C25H33N7O2S. The van der Waals surface area contributed by atoms with Gasteiger partial charge in [0.25, 0.3) is 0 Å². The molecule has 3 heterocycles. The first-order chi connectivity index (χ1) is 16.9. The van der Waals surface area contributed by atoms with Crippen LogP contribution < -0.4 is 15.5 Å². The maximum Gasteiger partial charge on any atom is 0.227 e. The number of hydrogen-bond donors (Lipinski definition) is 2. The Labute approximate surface area is 210 Å². The molecule has 35 heavy (non-hydrogen) atoms. The highest BCUT2D eigenvalue weighted by molar-refractivity contribution is 7.99. The second kappa shape index (κ2) is 11.1. The predicted octanol–water partition coefficient (Wildman–Crippen LogP) is 3.63.